The van der Waals surface area contributed by atoms with Crippen LogP contribution in [-0.2, 0) is 23.7 Å². The van der Waals surface area contributed by atoms with Crippen LogP contribution in [-0.4, -0.2) is 140 Å². The molecule has 0 aromatic carbocycles. The fourth-order valence-electron chi connectivity index (χ4n) is 9.25. The van der Waals surface area contributed by atoms with Crippen molar-refractivity contribution in [2.75, 3.05) is 19.8 Å². The van der Waals surface area contributed by atoms with Crippen molar-refractivity contribution in [3.05, 3.63) is 97.2 Å². The van der Waals surface area contributed by atoms with Crippen molar-refractivity contribution in [2.45, 2.75) is 274 Å². The molecular formula is C63H107NO13. The third kappa shape index (κ3) is 33.3. The number of ether oxygens (including phenoxy) is 4. The zero-order valence-corrected chi connectivity index (χ0v) is 47.4. The Bertz CT molecular complexity index is 1660. The van der Waals surface area contributed by atoms with Crippen molar-refractivity contribution < 1.29 is 64.6 Å². The van der Waals surface area contributed by atoms with Crippen LogP contribution in [0.15, 0.2) is 97.2 Å². The Hall–Kier alpha value is -3.09. The topological polar surface area (TPSA) is 228 Å². The number of unbranched alkanes of at least 4 members (excludes halogenated alkanes) is 17. The highest BCUT2D eigenvalue weighted by molar-refractivity contribution is 5.76. The molecule has 14 nitrogen and oxygen atoms in total. The van der Waals surface area contributed by atoms with Crippen LogP contribution < -0.4 is 5.32 Å². The minimum Gasteiger partial charge on any atom is -0.394 e. The number of aliphatic hydroxyl groups excluding tert-OH is 8. The van der Waals surface area contributed by atoms with Crippen LogP contribution in [0.5, 0.6) is 0 Å². The molecule has 0 aromatic rings. The van der Waals surface area contributed by atoms with E-state index < -0.39 is 86.8 Å². The molecule has 0 saturated carbocycles. The minimum atomic E-state index is -1.79. The molecule has 77 heavy (non-hydrogen) atoms. The fourth-order valence-corrected chi connectivity index (χ4v) is 9.25. The fraction of sp³-hybridized carbons (Fsp3) is 0.730. The first-order valence-electron chi connectivity index (χ1n) is 30.0. The summed E-state index contributed by atoms with van der Waals surface area (Å²) < 4.78 is 22.8. The molecule has 2 aliphatic rings. The Balaban J connectivity index is 1.74. The summed E-state index contributed by atoms with van der Waals surface area (Å²) >= 11 is 0. The van der Waals surface area contributed by atoms with E-state index in [0.717, 1.165) is 103 Å². The van der Waals surface area contributed by atoms with Crippen LogP contribution in [0.25, 0.3) is 0 Å². The van der Waals surface area contributed by atoms with Crippen molar-refractivity contribution in [3.8, 4) is 0 Å². The molecule has 0 bridgehead atoms. The standard InChI is InChI=1S/C63H107NO13/c1-3-5-7-9-11-13-15-17-19-20-21-22-23-24-25-26-27-28-29-30-31-32-33-35-37-39-41-43-45-47-55(68)64-51(52(67)46-44-42-40-38-36-34-18-16-14-12-10-8-6-4-2)50-74-62-60(73)58(71)61(54(49-66)76-62)77-63-59(72)57(70)56(69)53(48-65)75-63/h5,7,11,13,17,19,21-22,24-25,27-28,30-31,33,35,51-54,56-63,65-67,69-73H,3-4,6,8-10,12,14-16,18,20,23,26,29,32,34,36-50H2,1-2H3,(H,64,68)/b7-5-,13-11-,19-17-,22-21-,25-24-,28-27-,31-30-,35-33-. The van der Waals surface area contributed by atoms with Gasteiger partial charge in [0.05, 0.1) is 32.0 Å². The second-order valence-electron chi connectivity index (χ2n) is 20.7. The highest BCUT2D eigenvalue weighted by atomic mass is 16.7. The molecule has 0 aromatic heterocycles. The Morgan fingerprint density at radius 1 is 0.481 bits per heavy atom. The summed E-state index contributed by atoms with van der Waals surface area (Å²) in [6.07, 6.45) is 48.3. The summed E-state index contributed by atoms with van der Waals surface area (Å²) in [6.45, 7) is 2.71. The predicted molar refractivity (Wildman–Crippen MR) is 309 cm³/mol. The zero-order valence-electron chi connectivity index (χ0n) is 47.4. The van der Waals surface area contributed by atoms with E-state index in [1.165, 1.54) is 64.2 Å². The van der Waals surface area contributed by atoms with Gasteiger partial charge in [0.2, 0.25) is 5.91 Å². The molecule has 1 amide bonds. The number of rotatable bonds is 46. The molecule has 9 N–H and O–H groups in total. The van der Waals surface area contributed by atoms with E-state index in [9.17, 15) is 45.6 Å². The van der Waals surface area contributed by atoms with Gasteiger partial charge >= 0.3 is 0 Å². The second-order valence-corrected chi connectivity index (χ2v) is 20.7. The summed E-state index contributed by atoms with van der Waals surface area (Å²) in [5.74, 6) is -0.235. The van der Waals surface area contributed by atoms with Gasteiger partial charge in [0, 0.05) is 6.42 Å². The van der Waals surface area contributed by atoms with Crippen molar-refractivity contribution in [3.63, 3.8) is 0 Å². The molecule has 0 radical (unpaired) electrons. The Morgan fingerprint density at radius 2 is 0.896 bits per heavy atom. The summed E-state index contributed by atoms with van der Waals surface area (Å²) in [5, 5.41) is 87.2. The van der Waals surface area contributed by atoms with E-state index in [0.29, 0.717) is 12.8 Å². The van der Waals surface area contributed by atoms with Gasteiger partial charge in [-0.2, -0.15) is 0 Å². The average molecular weight is 1090 g/mol. The average Bonchev–Trinajstić information content (AvgIpc) is 3.43. The number of amides is 1. The molecule has 2 saturated heterocycles. The van der Waals surface area contributed by atoms with Gasteiger partial charge in [-0.15, -0.1) is 0 Å². The first-order chi connectivity index (χ1) is 37.6. The molecule has 0 aliphatic carbocycles. The number of nitrogens with one attached hydrogen (secondary N) is 1. The number of carbonyl (C=O) groups is 1. The molecule has 0 spiro atoms. The van der Waals surface area contributed by atoms with Gasteiger partial charge in [0.15, 0.2) is 12.6 Å². The first kappa shape index (κ1) is 70.0. The number of aliphatic hydroxyl groups is 8. The lowest BCUT2D eigenvalue weighted by Gasteiger charge is -2.46. The van der Waals surface area contributed by atoms with Gasteiger partial charge in [-0.05, 0) is 77.0 Å². The third-order valence-electron chi connectivity index (χ3n) is 14.1. The van der Waals surface area contributed by atoms with Gasteiger partial charge in [-0.3, -0.25) is 4.79 Å². The molecule has 12 unspecified atom stereocenters. The highest BCUT2D eigenvalue weighted by Crippen LogP contribution is 2.30. The lowest BCUT2D eigenvalue weighted by molar-refractivity contribution is -0.359. The smallest absolute Gasteiger partial charge is 0.220 e. The Morgan fingerprint density at radius 3 is 1.38 bits per heavy atom. The van der Waals surface area contributed by atoms with Crippen LogP contribution in [0.4, 0.5) is 0 Å². The number of hydrogen-bond donors (Lipinski definition) is 9. The molecule has 14 heteroatoms. The normalized spacial score (nSPS) is 25.4. The Labute approximate surface area is 464 Å². The third-order valence-corrected chi connectivity index (χ3v) is 14.1. The molecule has 12 atom stereocenters. The van der Waals surface area contributed by atoms with E-state index in [1.807, 2.05) is 0 Å². The monoisotopic (exact) mass is 1090 g/mol. The molecular weight excluding hydrogens is 979 g/mol. The SMILES string of the molecule is CC/C=C\C/C=C\C/C=C\C/C=C\C/C=C\C/C=C\C/C=C\C/C=C\CCCCCCC(=O)NC(COC1OC(CO)C(OC2OC(CO)C(O)C(O)C2O)C(O)C1O)C(O)CCCCCCCCCCCCCCCC. The van der Waals surface area contributed by atoms with E-state index >= 15 is 0 Å². The summed E-state index contributed by atoms with van der Waals surface area (Å²) in [5.41, 5.74) is 0. The number of hydrogen-bond acceptors (Lipinski definition) is 13. The molecule has 2 fully saturated rings. The first-order valence-corrected chi connectivity index (χ1v) is 30.0. The summed E-state index contributed by atoms with van der Waals surface area (Å²) in [7, 11) is 0. The largest absolute Gasteiger partial charge is 0.394 e. The highest BCUT2D eigenvalue weighted by Gasteiger charge is 2.51. The lowest BCUT2D eigenvalue weighted by atomic mass is 9.97. The molecule has 2 rings (SSSR count). The van der Waals surface area contributed by atoms with Crippen molar-refractivity contribution in [1.29, 1.82) is 0 Å². The van der Waals surface area contributed by atoms with Gasteiger partial charge in [0.25, 0.3) is 0 Å². The van der Waals surface area contributed by atoms with Crippen LogP contribution in [0.2, 0.25) is 0 Å². The minimum absolute atomic E-state index is 0.235. The van der Waals surface area contributed by atoms with Gasteiger partial charge in [0.1, 0.15) is 48.8 Å². The maximum absolute atomic E-state index is 13.3. The van der Waals surface area contributed by atoms with Crippen LogP contribution in [0.3, 0.4) is 0 Å². The van der Waals surface area contributed by atoms with Crippen molar-refractivity contribution in [2.24, 2.45) is 0 Å². The predicted octanol–water partition coefficient (Wildman–Crippen LogP) is 10.3. The quantitative estimate of drug-likeness (QED) is 0.0205. The van der Waals surface area contributed by atoms with Gasteiger partial charge in [-0.1, -0.05) is 214 Å². The number of allylic oxidation sites excluding steroid dienone is 16. The van der Waals surface area contributed by atoms with Crippen molar-refractivity contribution >= 4 is 5.91 Å². The molecule has 2 heterocycles. The van der Waals surface area contributed by atoms with Gasteiger partial charge in [-0.25, -0.2) is 0 Å². The Kier molecular flexibility index (Phi) is 43.4. The maximum Gasteiger partial charge on any atom is 0.220 e. The van der Waals surface area contributed by atoms with Crippen LogP contribution in [0, 0.1) is 0 Å². The van der Waals surface area contributed by atoms with E-state index in [-0.39, 0.29) is 18.9 Å². The van der Waals surface area contributed by atoms with Gasteiger partial charge < -0.3 is 65.1 Å². The van der Waals surface area contributed by atoms with E-state index in [4.69, 9.17) is 18.9 Å². The molecule has 2 aliphatic heterocycles. The van der Waals surface area contributed by atoms with E-state index in [2.05, 4.69) is 116 Å². The zero-order chi connectivity index (χ0) is 56.0. The van der Waals surface area contributed by atoms with Crippen molar-refractivity contribution in [1.82, 2.24) is 5.32 Å². The summed E-state index contributed by atoms with van der Waals surface area (Å²) in [6, 6.07) is -0.849. The lowest BCUT2D eigenvalue weighted by Crippen LogP contribution is -2.65. The summed E-state index contributed by atoms with van der Waals surface area (Å²) in [4.78, 5) is 13.3. The van der Waals surface area contributed by atoms with Crippen LogP contribution >= 0.6 is 0 Å². The van der Waals surface area contributed by atoms with Crippen LogP contribution in [0.1, 0.15) is 200 Å². The number of carbonyl (C=O) groups excluding carboxylic acids is 1. The molecule has 442 valence electrons. The maximum atomic E-state index is 13.3. The second kappa shape index (κ2) is 47.7. The van der Waals surface area contributed by atoms with E-state index in [1.54, 1.807) is 0 Å².